The fourth-order valence-corrected chi connectivity index (χ4v) is 9.13. The summed E-state index contributed by atoms with van der Waals surface area (Å²) in [5.41, 5.74) is 4.52. The van der Waals surface area contributed by atoms with E-state index in [2.05, 4.69) is 13.8 Å². The first kappa shape index (κ1) is 24.8. The van der Waals surface area contributed by atoms with E-state index in [1.807, 2.05) is 6.92 Å². The van der Waals surface area contributed by atoms with Crippen LogP contribution in [0.4, 0.5) is 13.2 Å². The SMILES string of the molecule is CC(O)CCCCC1CCC2C1(C)CCC1C3(C)CC[C@@](O)(C(F)(F)F)CC3CCC21N. The van der Waals surface area contributed by atoms with E-state index in [0.29, 0.717) is 24.7 Å². The van der Waals surface area contributed by atoms with Gasteiger partial charge in [0.25, 0.3) is 0 Å². The van der Waals surface area contributed by atoms with E-state index < -0.39 is 11.8 Å². The number of nitrogens with two attached hydrogens (primary N) is 1. The highest BCUT2D eigenvalue weighted by atomic mass is 19.4. The van der Waals surface area contributed by atoms with E-state index in [9.17, 15) is 23.4 Å². The van der Waals surface area contributed by atoms with Gasteiger partial charge in [0.05, 0.1) is 6.10 Å². The van der Waals surface area contributed by atoms with Gasteiger partial charge in [0.15, 0.2) is 5.60 Å². The molecule has 4 saturated carbocycles. The van der Waals surface area contributed by atoms with Gasteiger partial charge in [-0.25, -0.2) is 0 Å². The second-order valence-electron chi connectivity index (χ2n) is 12.6. The van der Waals surface area contributed by atoms with E-state index in [-0.39, 0.29) is 47.2 Å². The molecule has 4 rings (SSSR count). The molecule has 3 nitrogen and oxygen atoms in total. The van der Waals surface area contributed by atoms with Crippen molar-refractivity contribution in [2.75, 3.05) is 0 Å². The molecule has 4 N–H and O–H groups in total. The molecule has 8 unspecified atom stereocenters. The van der Waals surface area contributed by atoms with Crippen molar-refractivity contribution >= 4 is 0 Å². The number of halogens is 3. The number of aliphatic hydroxyl groups is 2. The zero-order chi connectivity index (χ0) is 23.6. The topological polar surface area (TPSA) is 66.5 Å². The summed E-state index contributed by atoms with van der Waals surface area (Å²) in [6, 6.07) is 0. The molecule has 9 atom stereocenters. The van der Waals surface area contributed by atoms with Crippen molar-refractivity contribution in [3.8, 4) is 0 Å². The Morgan fingerprint density at radius 3 is 2.28 bits per heavy atom. The third kappa shape index (κ3) is 3.75. The third-order valence-electron chi connectivity index (χ3n) is 11.1. The summed E-state index contributed by atoms with van der Waals surface area (Å²) in [7, 11) is 0. The minimum absolute atomic E-state index is 0.105. The first-order valence-corrected chi connectivity index (χ1v) is 13.0. The molecule has 0 aliphatic heterocycles. The van der Waals surface area contributed by atoms with Crippen LogP contribution in [0.1, 0.15) is 104 Å². The van der Waals surface area contributed by atoms with Crippen LogP contribution in [-0.2, 0) is 0 Å². The van der Waals surface area contributed by atoms with Gasteiger partial charge < -0.3 is 15.9 Å². The standard InChI is InChI=1S/C26H44F3NO2/c1-17(31)6-4-5-7-18-8-9-20-22(18,2)12-11-21-23(3)14-15-24(32,26(27,28)29)16-19(23)10-13-25(20,21)30/h17-21,31-32H,4-16,30H2,1-3H3/t17?,18?,19?,20?,21?,22?,23?,24-,25?/m0/s1. The Kier molecular flexibility index (Phi) is 6.29. The minimum Gasteiger partial charge on any atom is -0.393 e. The molecular weight excluding hydrogens is 415 g/mol. The molecule has 0 spiro atoms. The van der Waals surface area contributed by atoms with Crippen molar-refractivity contribution < 1.29 is 23.4 Å². The molecule has 0 radical (unpaired) electrons. The van der Waals surface area contributed by atoms with Gasteiger partial charge in [-0.2, -0.15) is 13.2 Å². The maximum Gasteiger partial charge on any atom is 0.417 e. The lowest BCUT2D eigenvalue weighted by Crippen LogP contribution is -2.69. The van der Waals surface area contributed by atoms with Gasteiger partial charge in [-0.05, 0) is 112 Å². The van der Waals surface area contributed by atoms with Crippen LogP contribution in [-0.4, -0.2) is 33.6 Å². The lowest BCUT2D eigenvalue weighted by Gasteiger charge is -2.66. The normalized spacial score (nSPS) is 49.8. The first-order valence-electron chi connectivity index (χ1n) is 13.0. The van der Waals surface area contributed by atoms with Gasteiger partial charge in [-0.1, -0.05) is 26.7 Å². The van der Waals surface area contributed by atoms with Crippen LogP contribution < -0.4 is 5.73 Å². The van der Waals surface area contributed by atoms with Crippen LogP contribution in [0.3, 0.4) is 0 Å². The largest absolute Gasteiger partial charge is 0.417 e. The van der Waals surface area contributed by atoms with Crippen molar-refractivity contribution in [1.29, 1.82) is 0 Å². The van der Waals surface area contributed by atoms with E-state index in [1.54, 1.807) is 0 Å². The minimum atomic E-state index is -4.55. The number of hydrogen-bond acceptors (Lipinski definition) is 3. The van der Waals surface area contributed by atoms with E-state index >= 15 is 0 Å². The maximum atomic E-state index is 13.6. The van der Waals surface area contributed by atoms with Gasteiger partial charge >= 0.3 is 6.18 Å². The lowest BCUT2D eigenvalue weighted by atomic mass is 9.41. The second kappa shape index (κ2) is 8.12. The Hall–Kier alpha value is -0.330. The van der Waals surface area contributed by atoms with Crippen LogP contribution >= 0.6 is 0 Å². The Balaban J connectivity index is 1.50. The van der Waals surface area contributed by atoms with Crippen molar-refractivity contribution in [1.82, 2.24) is 0 Å². The van der Waals surface area contributed by atoms with E-state index in [1.165, 1.54) is 12.8 Å². The van der Waals surface area contributed by atoms with Crippen molar-refractivity contribution in [3.63, 3.8) is 0 Å². The number of fused-ring (bicyclic) bond motifs is 5. The highest BCUT2D eigenvalue weighted by molar-refractivity contribution is 5.19. The molecule has 4 aliphatic carbocycles. The molecular formula is C26H44F3NO2. The summed E-state index contributed by atoms with van der Waals surface area (Å²) >= 11 is 0. The van der Waals surface area contributed by atoms with Crippen LogP contribution in [0.5, 0.6) is 0 Å². The van der Waals surface area contributed by atoms with E-state index in [4.69, 9.17) is 5.73 Å². The zero-order valence-electron chi connectivity index (χ0n) is 20.2. The van der Waals surface area contributed by atoms with Crippen LogP contribution in [0.15, 0.2) is 0 Å². The Morgan fingerprint density at radius 2 is 1.62 bits per heavy atom. The first-order chi connectivity index (χ1) is 14.8. The quantitative estimate of drug-likeness (QED) is 0.444. The summed E-state index contributed by atoms with van der Waals surface area (Å²) < 4.78 is 40.7. The smallest absolute Gasteiger partial charge is 0.393 e. The number of alkyl halides is 3. The Morgan fingerprint density at radius 1 is 0.938 bits per heavy atom. The number of hydrogen-bond donors (Lipinski definition) is 3. The summed E-state index contributed by atoms with van der Waals surface area (Å²) in [5.74, 6) is 1.25. The van der Waals surface area contributed by atoms with Crippen LogP contribution in [0, 0.1) is 34.5 Å². The molecule has 0 amide bonds. The van der Waals surface area contributed by atoms with Crippen LogP contribution in [0.2, 0.25) is 0 Å². The summed E-state index contributed by atoms with van der Waals surface area (Å²) in [4.78, 5) is 0. The van der Waals surface area contributed by atoms with Crippen molar-refractivity contribution in [2.24, 2.45) is 40.2 Å². The fraction of sp³-hybridized carbons (Fsp3) is 1.00. The van der Waals surface area contributed by atoms with Gasteiger partial charge in [0.2, 0.25) is 0 Å². The predicted molar refractivity (Wildman–Crippen MR) is 120 cm³/mol. The lowest BCUT2D eigenvalue weighted by molar-refractivity contribution is -0.290. The molecule has 186 valence electrons. The highest BCUT2D eigenvalue weighted by Crippen LogP contribution is 2.69. The fourth-order valence-electron chi connectivity index (χ4n) is 9.13. The van der Waals surface area contributed by atoms with Gasteiger partial charge in [0.1, 0.15) is 0 Å². The average molecular weight is 460 g/mol. The maximum absolute atomic E-state index is 13.6. The molecule has 4 fully saturated rings. The molecule has 32 heavy (non-hydrogen) atoms. The number of unbranched alkanes of at least 4 members (excludes halogenated alkanes) is 1. The van der Waals surface area contributed by atoms with E-state index in [0.717, 1.165) is 44.9 Å². The Bertz CT molecular complexity index is 699. The van der Waals surface area contributed by atoms with Gasteiger partial charge in [-0.3, -0.25) is 0 Å². The summed E-state index contributed by atoms with van der Waals surface area (Å²) in [6.45, 7) is 6.47. The third-order valence-corrected chi connectivity index (χ3v) is 11.1. The molecule has 0 aromatic heterocycles. The number of aliphatic hydroxyl groups excluding tert-OH is 1. The monoisotopic (exact) mass is 459 g/mol. The number of rotatable bonds is 5. The van der Waals surface area contributed by atoms with Gasteiger partial charge in [-0.15, -0.1) is 0 Å². The zero-order valence-corrected chi connectivity index (χ0v) is 20.2. The molecule has 0 saturated heterocycles. The Labute approximate surface area is 191 Å². The average Bonchev–Trinajstić information content (AvgIpc) is 3.02. The van der Waals surface area contributed by atoms with Gasteiger partial charge in [0, 0.05) is 5.54 Å². The molecule has 4 aliphatic rings. The molecule has 0 bridgehead atoms. The summed E-state index contributed by atoms with van der Waals surface area (Å²) in [5, 5.41) is 20.0. The molecule has 6 heteroatoms. The molecule has 0 aromatic carbocycles. The van der Waals surface area contributed by atoms with Crippen molar-refractivity contribution in [2.45, 2.75) is 128 Å². The highest BCUT2D eigenvalue weighted by Gasteiger charge is 2.68. The predicted octanol–water partition coefficient (Wildman–Crippen LogP) is 5.96. The summed E-state index contributed by atoms with van der Waals surface area (Å²) in [6.07, 6.45) is 5.51. The second-order valence-corrected chi connectivity index (χ2v) is 12.6. The molecule has 0 heterocycles. The van der Waals surface area contributed by atoms with Crippen LogP contribution in [0.25, 0.3) is 0 Å². The van der Waals surface area contributed by atoms with Crippen molar-refractivity contribution in [3.05, 3.63) is 0 Å². The molecule has 0 aromatic rings.